The third-order valence-corrected chi connectivity index (χ3v) is 14.8. The number of benzene rings is 6. The van der Waals surface area contributed by atoms with Gasteiger partial charge in [0.05, 0.1) is 0 Å². The van der Waals surface area contributed by atoms with Crippen molar-refractivity contribution in [1.29, 1.82) is 0 Å². The Hall–Kier alpha value is -4.66. The zero-order valence-electron chi connectivity index (χ0n) is 29.7. The first kappa shape index (κ1) is 30.0. The van der Waals surface area contributed by atoms with Crippen molar-refractivity contribution in [3.05, 3.63) is 150 Å². The number of hydrogen-bond acceptors (Lipinski definition) is 2. The summed E-state index contributed by atoms with van der Waals surface area (Å²) in [5.41, 5.74) is 15.4. The Morgan fingerprint density at radius 1 is 0.549 bits per heavy atom. The molecule has 0 aliphatic heterocycles. The number of thiophene rings is 1. The summed E-state index contributed by atoms with van der Waals surface area (Å²) in [5, 5.41) is 2.69. The van der Waals surface area contributed by atoms with Crippen LogP contribution in [0.1, 0.15) is 75.1 Å². The molecule has 51 heavy (non-hydrogen) atoms. The molecule has 1 heterocycles. The summed E-state index contributed by atoms with van der Waals surface area (Å²) < 4.78 is 2.69. The number of anilines is 3. The maximum Gasteiger partial charge on any atom is 0.0476 e. The van der Waals surface area contributed by atoms with E-state index < -0.39 is 0 Å². The molecule has 0 N–H and O–H groups in total. The molecular formula is C49H43NS. The summed E-state index contributed by atoms with van der Waals surface area (Å²) >= 11 is 1.91. The molecule has 11 rings (SSSR count). The molecule has 4 aliphatic rings. The van der Waals surface area contributed by atoms with Gasteiger partial charge in [0, 0.05) is 48.1 Å². The zero-order valence-corrected chi connectivity index (χ0v) is 30.6. The van der Waals surface area contributed by atoms with Gasteiger partial charge in [-0.25, -0.2) is 0 Å². The average Bonchev–Trinajstić information content (AvgIpc) is 3.75. The zero-order chi connectivity index (χ0) is 34.1. The van der Waals surface area contributed by atoms with Crippen LogP contribution >= 0.6 is 11.3 Å². The highest BCUT2D eigenvalue weighted by Crippen LogP contribution is 2.64. The highest BCUT2D eigenvalue weighted by molar-refractivity contribution is 7.25. The SMILES string of the molecule is CC1CC2CCCC(C2)C12c1ccccc1-c1ccc(N(c3ccc4c(c3)C(C)(C)c3ccccc3-4)c3ccc4c(c3)sc3ccccc34)cc12. The van der Waals surface area contributed by atoms with E-state index in [2.05, 4.69) is 153 Å². The van der Waals surface area contributed by atoms with Gasteiger partial charge in [0.25, 0.3) is 0 Å². The van der Waals surface area contributed by atoms with Crippen molar-refractivity contribution in [3.63, 3.8) is 0 Å². The normalized spacial score (nSPS) is 23.6. The van der Waals surface area contributed by atoms with Crippen LogP contribution in [0.15, 0.2) is 127 Å². The minimum Gasteiger partial charge on any atom is -0.310 e. The largest absolute Gasteiger partial charge is 0.310 e. The van der Waals surface area contributed by atoms with Gasteiger partial charge in [0.1, 0.15) is 0 Å². The monoisotopic (exact) mass is 677 g/mol. The van der Waals surface area contributed by atoms with Crippen molar-refractivity contribution in [2.45, 2.75) is 63.7 Å². The van der Waals surface area contributed by atoms with Gasteiger partial charge in [-0.3, -0.25) is 0 Å². The van der Waals surface area contributed by atoms with E-state index in [1.165, 1.54) is 103 Å². The highest BCUT2D eigenvalue weighted by atomic mass is 32.1. The minimum absolute atomic E-state index is 0.0677. The van der Waals surface area contributed by atoms with E-state index in [1.807, 2.05) is 11.3 Å². The van der Waals surface area contributed by atoms with Crippen LogP contribution in [0.4, 0.5) is 17.1 Å². The van der Waals surface area contributed by atoms with E-state index in [1.54, 1.807) is 11.1 Å². The maximum atomic E-state index is 2.63. The molecule has 1 nitrogen and oxygen atoms in total. The Balaban J connectivity index is 1.14. The van der Waals surface area contributed by atoms with Crippen molar-refractivity contribution >= 4 is 48.6 Å². The molecule has 0 amide bonds. The molecule has 1 spiro atoms. The average molecular weight is 678 g/mol. The second-order valence-corrected chi connectivity index (χ2v) is 17.6. The molecule has 6 aromatic carbocycles. The number of hydrogen-bond donors (Lipinski definition) is 0. The Kier molecular flexibility index (Phi) is 6.29. The number of nitrogens with zero attached hydrogens (tertiary/aromatic N) is 1. The van der Waals surface area contributed by atoms with Crippen molar-refractivity contribution < 1.29 is 0 Å². The van der Waals surface area contributed by atoms with Gasteiger partial charge >= 0.3 is 0 Å². The van der Waals surface area contributed by atoms with Crippen LogP contribution < -0.4 is 4.90 Å². The molecule has 4 aliphatic carbocycles. The van der Waals surface area contributed by atoms with Crippen LogP contribution in [-0.2, 0) is 10.8 Å². The Labute approximate surface area is 305 Å². The third-order valence-electron chi connectivity index (χ3n) is 13.7. The maximum absolute atomic E-state index is 2.63. The second kappa shape index (κ2) is 10.7. The van der Waals surface area contributed by atoms with E-state index in [4.69, 9.17) is 0 Å². The Morgan fingerprint density at radius 3 is 1.98 bits per heavy atom. The Bertz CT molecular complexity index is 2550. The molecule has 2 fully saturated rings. The lowest BCUT2D eigenvalue weighted by molar-refractivity contribution is 0.0670. The molecule has 4 unspecified atom stereocenters. The van der Waals surface area contributed by atoms with Crippen LogP contribution in [0, 0.1) is 17.8 Å². The van der Waals surface area contributed by atoms with Crippen molar-refractivity contribution in [1.82, 2.24) is 0 Å². The fourth-order valence-electron chi connectivity index (χ4n) is 11.6. The molecule has 2 heteroatoms. The van der Waals surface area contributed by atoms with Crippen molar-refractivity contribution in [3.8, 4) is 22.3 Å². The van der Waals surface area contributed by atoms with E-state index >= 15 is 0 Å². The molecule has 0 radical (unpaired) electrons. The summed E-state index contributed by atoms with van der Waals surface area (Å²) in [6.45, 7) is 7.37. The van der Waals surface area contributed by atoms with E-state index in [-0.39, 0.29) is 10.8 Å². The number of rotatable bonds is 3. The summed E-state index contributed by atoms with van der Waals surface area (Å²) in [4.78, 5) is 2.57. The van der Waals surface area contributed by atoms with E-state index in [9.17, 15) is 0 Å². The third kappa shape index (κ3) is 4.03. The lowest BCUT2D eigenvalue weighted by atomic mass is 9.51. The molecule has 2 saturated carbocycles. The summed E-state index contributed by atoms with van der Waals surface area (Å²) in [6, 6.07) is 49.2. The Morgan fingerprint density at radius 2 is 1.16 bits per heavy atom. The smallest absolute Gasteiger partial charge is 0.0476 e. The molecule has 4 atom stereocenters. The first-order valence-electron chi connectivity index (χ1n) is 19.1. The molecule has 250 valence electrons. The highest BCUT2D eigenvalue weighted by Gasteiger charge is 2.55. The quantitative estimate of drug-likeness (QED) is 0.180. The predicted octanol–water partition coefficient (Wildman–Crippen LogP) is 13.9. The molecule has 1 aromatic heterocycles. The fourth-order valence-corrected chi connectivity index (χ4v) is 12.7. The van der Waals surface area contributed by atoms with Gasteiger partial charge < -0.3 is 4.90 Å². The lowest BCUT2D eigenvalue weighted by Gasteiger charge is -2.53. The van der Waals surface area contributed by atoms with E-state index in [0.29, 0.717) is 11.8 Å². The van der Waals surface area contributed by atoms with Crippen LogP contribution in [0.5, 0.6) is 0 Å². The number of fused-ring (bicyclic) bond motifs is 14. The second-order valence-electron chi connectivity index (χ2n) is 16.5. The molecule has 7 aromatic rings. The van der Waals surface area contributed by atoms with Gasteiger partial charge in [-0.15, -0.1) is 11.3 Å². The first-order valence-corrected chi connectivity index (χ1v) is 19.9. The van der Waals surface area contributed by atoms with Gasteiger partial charge in [0.15, 0.2) is 0 Å². The standard InChI is InChI=1S/C49H43NS/c1-30-25-31-11-10-12-32(26-31)49(30)43-17-8-5-14-37(43)39-23-20-34(28-45(39)49)50(35-21-24-41-40-15-6-9-18-46(40)51-47(41)29-35)33-19-22-38-36-13-4-7-16-42(36)48(2,3)44(38)27-33/h4-9,13-24,27-32H,10-12,25-26H2,1-3H3. The van der Waals surface area contributed by atoms with Crippen LogP contribution in [0.2, 0.25) is 0 Å². The lowest BCUT2D eigenvalue weighted by Crippen LogP contribution is -2.48. The van der Waals surface area contributed by atoms with Gasteiger partial charge in [-0.2, -0.15) is 0 Å². The predicted molar refractivity (Wildman–Crippen MR) is 217 cm³/mol. The van der Waals surface area contributed by atoms with Crippen molar-refractivity contribution in [2.75, 3.05) is 4.90 Å². The van der Waals surface area contributed by atoms with Crippen LogP contribution in [0.3, 0.4) is 0 Å². The topological polar surface area (TPSA) is 3.24 Å². The minimum atomic E-state index is -0.0677. The summed E-state index contributed by atoms with van der Waals surface area (Å²) in [7, 11) is 0. The van der Waals surface area contributed by atoms with Gasteiger partial charge in [-0.1, -0.05) is 119 Å². The first-order chi connectivity index (χ1) is 24.9. The van der Waals surface area contributed by atoms with Gasteiger partial charge in [0.2, 0.25) is 0 Å². The van der Waals surface area contributed by atoms with Crippen molar-refractivity contribution in [2.24, 2.45) is 17.8 Å². The van der Waals surface area contributed by atoms with Crippen LogP contribution in [0.25, 0.3) is 42.4 Å². The fraction of sp³-hybridized carbons (Fsp3) is 0.265. The van der Waals surface area contributed by atoms with Gasteiger partial charge in [-0.05, 0) is 124 Å². The molecular weight excluding hydrogens is 635 g/mol. The summed E-state index contributed by atoms with van der Waals surface area (Å²) in [5.74, 6) is 2.19. The molecule has 2 bridgehead atoms. The van der Waals surface area contributed by atoms with Crippen LogP contribution in [-0.4, -0.2) is 0 Å². The summed E-state index contributed by atoms with van der Waals surface area (Å²) in [6.07, 6.45) is 6.83. The molecule has 0 saturated heterocycles. The van der Waals surface area contributed by atoms with E-state index in [0.717, 1.165) is 5.92 Å².